The predicted octanol–water partition coefficient (Wildman–Crippen LogP) is 1.50. The summed E-state index contributed by atoms with van der Waals surface area (Å²) in [6, 6.07) is 2.06. The number of pyridine rings is 1. The maximum atomic E-state index is 4.06. The standard InChI is InChI=1S/C10H14BrN3/c1-12-4-8-6-14(7-8)10-2-3-13-5-9(10)11/h2-3,5,8,12H,4,6-7H2,1H3. The van der Waals surface area contributed by atoms with Crippen molar-refractivity contribution in [3.8, 4) is 0 Å². The Bertz CT molecular complexity index is 310. The second-order valence-electron chi connectivity index (χ2n) is 3.66. The van der Waals surface area contributed by atoms with E-state index in [0.717, 1.165) is 30.0 Å². The number of aromatic nitrogens is 1. The molecule has 0 saturated carbocycles. The Hall–Kier alpha value is -0.610. The van der Waals surface area contributed by atoms with Crippen LogP contribution >= 0.6 is 15.9 Å². The SMILES string of the molecule is CNCC1CN(c2ccncc2Br)C1. The number of hydrogen-bond donors (Lipinski definition) is 1. The van der Waals surface area contributed by atoms with E-state index in [2.05, 4.69) is 37.2 Å². The Kier molecular flexibility index (Phi) is 3.03. The second kappa shape index (κ2) is 4.28. The van der Waals surface area contributed by atoms with E-state index in [1.54, 1.807) is 0 Å². The van der Waals surface area contributed by atoms with Gasteiger partial charge in [0.05, 0.1) is 10.2 Å². The van der Waals surface area contributed by atoms with Crippen LogP contribution in [0.4, 0.5) is 5.69 Å². The molecule has 14 heavy (non-hydrogen) atoms. The molecule has 2 rings (SSSR count). The number of nitrogens with zero attached hydrogens (tertiary/aromatic N) is 2. The highest BCUT2D eigenvalue weighted by Gasteiger charge is 2.27. The van der Waals surface area contributed by atoms with Crippen molar-refractivity contribution in [1.29, 1.82) is 0 Å². The summed E-state index contributed by atoms with van der Waals surface area (Å²) in [5.74, 6) is 0.792. The molecule has 1 aliphatic rings. The first kappa shape index (κ1) is 9.93. The fraction of sp³-hybridized carbons (Fsp3) is 0.500. The molecule has 1 aromatic rings. The van der Waals surface area contributed by atoms with Gasteiger partial charge in [-0.1, -0.05) is 0 Å². The van der Waals surface area contributed by atoms with Gasteiger partial charge in [-0.05, 0) is 29.0 Å². The van der Waals surface area contributed by atoms with Crippen molar-refractivity contribution in [1.82, 2.24) is 10.3 Å². The smallest absolute Gasteiger partial charge is 0.0592 e. The van der Waals surface area contributed by atoms with E-state index < -0.39 is 0 Å². The number of halogens is 1. The van der Waals surface area contributed by atoms with E-state index in [9.17, 15) is 0 Å². The molecule has 1 N–H and O–H groups in total. The van der Waals surface area contributed by atoms with Gasteiger partial charge in [0, 0.05) is 37.9 Å². The van der Waals surface area contributed by atoms with Crippen molar-refractivity contribution in [2.75, 3.05) is 31.6 Å². The van der Waals surface area contributed by atoms with Gasteiger partial charge < -0.3 is 10.2 Å². The molecular formula is C10H14BrN3. The van der Waals surface area contributed by atoms with E-state index in [1.807, 2.05) is 19.4 Å². The highest BCUT2D eigenvalue weighted by atomic mass is 79.9. The normalized spacial score (nSPS) is 16.9. The van der Waals surface area contributed by atoms with Gasteiger partial charge in [-0.3, -0.25) is 4.98 Å². The summed E-state index contributed by atoms with van der Waals surface area (Å²) in [6.45, 7) is 3.39. The van der Waals surface area contributed by atoms with E-state index >= 15 is 0 Å². The summed E-state index contributed by atoms with van der Waals surface area (Å²) in [5, 5.41) is 3.21. The van der Waals surface area contributed by atoms with E-state index in [4.69, 9.17) is 0 Å². The van der Waals surface area contributed by atoms with Crippen LogP contribution in [0.1, 0.15) is 0 Å². The first-order valence-corrected chi connectivity index (χ1v) is 5.59. The summed E-state index contributed by atoms with van der Waals surface area (Å²) >= 11 is 3.51. The van der Waals surface area contributed by atoms with Crippen LogP contribution in [0, 0.1) is 5.92 Å². The fourth-order valence-electron chi connectivity index (χ4n) is 1.81. The molecule has 1 aromatic heterocycles. The highest BCUT2D eigenvalue weighted by molar-refractivity contribution is 9.10. The van der Waals surface area contributed by atoms with Crippen LogP contribution in [0.15, 0.2) is 22.9 Å². The average Bonchev–Trinajstić information content (AvgIpc) is 2.12. The summed E-state index contributed by atoms with van der Waals surface area (Å²) in [7, 11) is 2.00. The molecule has 0 atom stereocenters. The van der Waals surface area contributed by atoms with Crippen LogP contribution in [-0.2, 0) is 0 Å². The average molecular weight is 256 g/mol. The largest absolute Gasteiger partial charge is 0.370 e. The maximum Gasteiger partial charge on any atom is 0.0592 e. The first-order chi connectivity index (χ1) is 6.81. The molecule has 0 bridgehead atoms. The number of nitrogens with one attached hydrogen (secondary N) is 1. The third-order valence-corrected chi connectivity index (χ3v) is 3.15. The number of anilines is 1. The Morgan fingerprint density at radius 3 is 3.07 bits per heavy atom. The second-order valence-corrected chi connectivity index (χ2v) is 4.51. The first-order valence-electron chi connectivity index (χ1n) is 4.80. The van der Waals surface area contributed by atoms with Crippen molar-refractivity contribution < 1.29 is 0 Å². The topological polar surface area (TPSA) is 28.2 Å². The van der Waals surface area contributed by atoms with Gasteiger partial charge in [0.25, 0.3) is 0 Å². The third-order valence-electron chi connectivity index (χ3n) is 2.54. The van der Waals surface area contributed by atoms with Crippen molar-refractivity contribution in [2.45, 2.75) is 0 Å². The lowest BCUT2D eigenvalue weighted by atomic mass is 9.99. The molecule has 0 aromatic carbocycles. The minimum absolute atomic E-state index is 0.792. The van der Waals surface area contributed by atoms with Crippen molar-refractivity contribution in [3.05, 3.63) is 22.9 Å². The molecule has 0 radical (unpaired) electrons. The molecule has 4 heteroatoms. The minimum atomic E-state index is 0.792. The molecule has 1 saturated heterocycles. The molecule has 0 spiro atoms. The molecule has 3 nitrogen and oxygen atoms in total. The Labute approximate surface area is 92.6 Å². The molecule has 1 fully saturated rings. The van der Waals surface area contributed by atoms with Gasteiger partial charge in [-0.15, -0.1) is 0 Å². The lowest BCUT2D eigenvalue weighted by Crippen LogP contribution is -2.50. The molecular weight excluding hydrogens is 242 g/mol. The number of hydrogen-bond acceptors (Lipinski definition) is 3. The molecule has 2 heterocycles. The van der Waals surface area contributed by atoms with E-state index in [1.165, 1.54) is 5.69 Å². The van der Waals surface area contributed by atoms with E-state index in [-0.39, 0.29) is 0 Å². The summed E-state index contributed by atoms with van der Waals surface area (Å²) in [5.41, 5.74) is 1.26. The van der Waals surface area contributed by atoms with Gasteiger partial charge in [0.15, 0.2) is 0 Å². The van der Waals surface area contributed by atoms with Crippen LogP contribution in [0.5, 0.6) is 0 Å². The number of rotatable bonds is 3. The van der Waals surface area contributed by atoms with Gasteiger partial charge in [0.2, 0.25) is 0 Å². The molecule has 0 aliphatic carbocycles. The lowest BCUT2D eigenvalue weighted by molar-refractivity contribution is 0.396. The zero-order chi connectivity index (χ0) is 9.97. The van der Waals surface area contributed by atoms with Gasteiger partial charge in [0.1, 0.15) is 0 Å². The Morgan fingerprint density at radius 1 is 1.64 bits per heavy atom. The molecule has 0 unspecified atom stereocenters. The van der Waals surface area contributed by atoms with Gasteiger partial charge >= 0.3 is 0 Å². The third kappa shape index (κ3) is 1.91. The van der Waals surface area contributed by atoms with Crippen LogP contribution < -0.4 is 10.2 Å². The van der Waals surface area contributed by atoms with Crippen molar-refractivity contribution in [2.24, 2.45) is 5.92 Å². The summed E-state index contributed by atoms with van der Waals surface area (Å²) in [6.07, 6.45) is 3.69. The summed E-state index contributed by atoms with van der Waals surface area (Å²) in [4.78, 5) is 6.42. The molecule has 0 amide bonds. The van der Waals surface area contributed by atoms with Gasteiger partial charge in [-0.25, -0.2) is 0 Å². The van der Waals surface area contributed by atoms with Crippen LogP contribution in [0.2, 0.25) is 0 Å². The quantitative estimate of drug-likeness (QED) is 0.888. The van der Waals surface area contributed by atoms with Crippen LogP contribution in [-0.4, -0.2) is 31.7 Å². The van der Waals surface area contributed by atoms with Crippen molar-refractivity contribution >= 4 is 21.6 Å². The summed E-state index contributed by atoms with van der Waals surface area (Å²) < 4.78 is 1.09. The Balaban J connectivity index is 1.96. The zero-order valence-electron chi connectivity index (χ0n) is 8.20. The fourth-order valence-corrected chi connectivity index (χ4v) is 2.31. The van der Waals surface area contributed by atoms with E-state index in [0.29, 0.717) is 0 Å². The van der Waals surface area contributed by atoms with Crippen molar-refractivity contribution in [3.63, 3.8) is 0 Å². The van der Waals surface area contributed by atoms with Gasteiger partial charge in [-0.2, -0.15) is 0 Å². The Morgan fingerprint density at radius 2 is 2.43 bits per heavy atom. The highest BCUT2D eigenvalue weighted by Crippen LogP contribution is 2.30. The van der Waals surface area contributed by atoms with Crippen LogP contribution in [0.25, 0.3) is 0 Å². The lowest BCUT2D eigenvalue weighted by Gasteiger charge is -2.41. The molecule has 1 aliphatic heterocycles. The minimum Gasteiger partial charge on any atom is -0.370 e. The maximum absolute atomic E-state index is 4.06. The predicted molar refractivity (Wildman–Crippen MR) is 61.6 cm³/mol. The van der Waals surface area contributed by atoms with Crippen LogP contribution in [0.3, 0.4) is 0 Å². The molecule has 76 valence electrons. The zero-order valence-corrected chi connectivity index (χ0v) is 9.79. The monoisotopic (exact) mass is 255 g/mol.